The Hall–Kier alpha value is -1.55. The third kappa shape index (κ3) is 3.96. The van der Waals surface area contributed by atoms with Crippen LogP contribution in [-0.4, -0.2) is 36.2 Å². The molecule has 102 valence electrons. The van der Waals surface area contributed by atoms with E-state index in [0.717, 1.165) is 24.9 Å². The van der Waals surface area contributed by atoms with Crippen molar-refractivity contribution in [1.82, 2.24) is 4.90 Å². The number of carbonyl (C=O) groups excluding carboxylic acids is 2. The van der Waals surface area contributed by atoms with Gasteiger partial charge in [-0.3, -0.25) is 9.59 Å². The zero-order chi connectivity index (χ0) is 13.7. The maximum absolute atomic E-state index is 11.0. The Bertz CT molecular complexity index is 439. The first-order chi connectivity index (χ1) is 9.19. The number of carbonyl (C=O) groups is 2. The SMILES string of the molecule is O=Cc1ccc(OCC2CCN(C(=O)Cl)CC2)cc1. The number of nitrogens with zero attached hydrogens (tertiary/aromatic N) is 1. The minimum atomic E-state index is -0.371. The fourth-order valence-corrected chi connectivity index (χ4v) is 2.30. The van der Waals surface area contributed by atoms with Gasteiger partial charge in [-0.25, -0.2) is 0 Å². The van der Waals surface area contributed by atoms with Crippen molar-refractivity contribution in [1.29, 1.82) is 0 Å². The van der Waals surface area contributed by atoms with Crippen molar-refractivity contribution in [2.45, 2.75) is 12.8 Å². The molecule has 2 rings (SSSR count). The van der Waals surface area contributed by atoms with Gasteiger partial charge in [-0.1, -0.05) is 0 Å². The Morgan fingerprint density at radius 3 is 2.47 bits per heavy atom. The van der Waals surface area contributed by atoms with E-state index >= 15 is 0 Å². The van der Waals surface area contributed by atoms with Crippen LogP contribution in [-0.2, 0) is 0 Å². The van der Waals surface area contributed by atoms with Gasteiger partial charge in [-0.2, -0.15) is 0 Å². The van der Waals surface area contributed by atoms with Crippen LogP contribution in [0.4, 0.5) is 4.79 Å². The zero-order valence-electron chi connectivity index (χ0n) is 10.5. The quantitative estimate of drug-likeness (QED) is 0.484. The molecule has 0 aliphatic carbocycles. The first kappa shape index (κ1) is 13.9. The molecule has 1 aromatic rings. The number of aldehydes is 1. The number of hydrogen-bond donors (Lipinski definition) is 0. The smallest absolute Gasteiger partial charge is 0.316 e. The number of piperidine rings is 1. The summed E-state index contributed by atoms with van der Waals surface area (Å²) in [6.07, 6.45) is 2.62. The first-order valence-electron chi connectivity index (χ1n) is 6.31. The molecular formula is C14H16ClNO3. The highest BCUT2D eigenvalue weighted by Crippen LogP contribution is 2.20. The molecule has 1 aliphatic heterocycles. The van der Waals surface area contributed by atoms with Crippen molar-refractivity contribution in [2.24, 2.45) is 5.92 Å². The summed E-state index contributed by atoms with van der Waals surface area (Å²) in [5.74, 6) is 1.21. The number of rotatable bonds is 4. The zero-order valence-corrected chi connectivity index (χ0v) is 11.3. The van der Waals surface area contributed by atoms with Crippen LogP contribution < -0.4 is 4.74 Å². The molecule has 0 spiro atoms. The maximum Gasteiger partial charge on any atom is 0.316 e. The molecule has 0 saturated carbocycles. The van der Waals surface area contributed by atoms with Gasteiger partial charge in [0.2, 0.25) is 0 Å². The topological polar surface area (TPSA) is 46.6 Å². The molecule has 1 aromatic carbocycles. The van der Waals surface area contributed by atoms with E-state index in [4.69, 9.17) is 16.3 Å². The van der Waals surface area contributed by atoms with Gasteiger partial charge >= 0.3 is 5.37 Å². The number of halogens is 1. The predicted octanol–water partition coefficient (Wildman–Crippen LogP) is 2.95. The summed E-state index contributed by atoms with van der Waals surface area (Å²) in [7, 11) is 0. The molecule has 0 bridgehead atoms. The van der Waals surface area contributed by atoms with Crippen molar-refractivity contribution in [3.63, 3.8) is 0 Å². The summed E-state index contributed by atoms with van der Waals surface area (Å²) >= 11 is 5.43. The summed E-state index contributed by atoms with van der Waals surface area (Å²) in [5.41, 5.74) is 0.640. The normalized spacial score (nSPS) is 16.2. The molecular weight excluding hydrogens is 266 g/mol. The lowest BCUT2D eigenvalue weighted by atomic mass is 9.98. The number of hydrogen-bond acceptors (Lipinski definition) is 3. The van der Waals surface area contributed by atoms with Crippen LogP contribution in [0.5, 0.6) is 5.75 Å². The summed E-state index contributed by atoms with van der Waals surface area (Å²) in [4.78, 5) is 23.2. The molecule has 1 saturated heterocycles. The van der Waals surface area contributed by atoms with E-state index < -0.39 is 0 Å². The van der Waals surface area contributed by atoms with Crippen LogP contribution in [0.3, 0.4) is 0 Å². The summed E-state index contributed by atoms with van der Waals surface area (Å²) in [5, 5.41) is -0.371. The minimum absolute atomic E-state index is 0.371. The predicted molar refractivity (Wildman–Crippen MR) is 72.9 cm³/mol. The Morgan fingerprint density at radius 1 is 1.32 bits per heavy atom. The number of ether oxygens (including phenoxy) is 1. The number of benzene rings is 1. The number of likely N-dealkylation sites (tertiary alicyclic amines) is 1. The van der Waals surface area contributed by atoms with Crippen LogP contribution in [0.15, 0.2) is 24.3 Å². The standard InChI is InChI=1S/C14H16ClNO3/c15-14(18)16-7-5-12(6-8-16)10-19-13-3-1-11(9-17)2-4-13/h1-4,9,12H,5-8,10H2. The van der Waals surface area contributed by atoms with E-state index in [1.165, 1.54) is 0 Å². The Kier molecular flexibility index (Phi) is 4.80. The average Bonchev–Trinajstić information content (AvgIpc) is 2.46. The maximum atomic E-state index is 11.0. The highest BCUT2D eigenvalue weighted by molar-refractivity contribution is 6.62. The van der Waals surface area contributed by atoms with Gasteiger partial charge in [0, 0.05) is 18.7 Å². The second-order valence-corrected chi connectivity index (χ2v) is 5.00. The molecule has 0 radical (unpaired) electrons. The molecule has 0 N–H and O–H groups in total. The Morgan fingerprint density at radius 2 is 1.95 bits per heavy atom. The fourth-order valence-electron chi connectivity index (χ4n) is 2.13. The van der Waals surface area contributed by atoms with Gasteiger partial charge in [-0.15, -0.1) is 0 Å². The largest absolute Gasteiger partial charge is 0.493 e. The lowest BCUT2D eigenvalue weighted by Crippen LogP contribution is -2.36. The van der Waals surface area contributed by atoms with Gasteiger partial charge in [0.25, 0.3) is 0 Å². The molecule has 0 unspecified atom stereocenters. The number of amides is 1. The van der Waals surface area contributed by atoms with Crippen molar-refractivity contribution in [3.8, 4) is 5.75 Å². The Labute approximate surface area is 117 Å². The highest BCUT2D eigenvalue weighted by Gasteiger charge is 2.21. The second kappa shape index (κ2) is 6.57. The average molecular weight is 282 g/mol. The van der Waals surface area contributed by atoms with Gasteiger partial charge in [0.15, 0.2) is 0 Å². The van der Waals surface area contributed by atoms with Crippen LogP contribution in [0.1, 0.15) is 23.2 Å². The van der Waals surface area contributed by atoms with E-state index in [0.29, 0.717) is 31.2 Å². The molecule has 5 heteroatoms. The van der Waals surface area contributed by atoms with Crippen LogP contribution in [0, 0.1) is 5.92 Å². The van der Waals surface area contributed by atoms with E-state index in [1.807, 2.05) is 0 Å². The van der Waals surface area contributed by atoms with Crippen LogP contribution in [0.25, 0.3) is 0 Å². The second-order valence-electron chi connectivity index (χ2n) is 4.68. The molecule has 4 nitrogen and oxygen atoms in total. The highest BCUT2D eigenvalue weighted by atomic mass is 35.5. The molecule has 1 amide bonds. The summed E-state index contributed by atoms with van der Waals surface area (Å²) in [6.45, 7) is 2.02. The van der Waals surface area contributed by atoms with Crippen LogP contribution >= 0.6 is 11.6 Å². The molecule has 0 aromatic heterocycles. The molecule has 1 fully saturated rings. The third-order valence-electron chi connectivity index (χ3n) is 3.37. The van der Waals surface area contributed by atoms with Crippen molar-refractivity contribution in [3.05, 3.63) is 29.8 Å². The van der Waals surface area contributed by atoms with Crippen molar-refractivity contribution < 1.29 is 14.3 Å². The lowest BCUT2D eigenvalue weighted by Gasteiger charge is -2.30. The van der Waals surface area contributed by atoms with Gasteiger partial charge in [0.1, 0.15) is 12.0 Å². The van der Waals surface area contributed by atoms with Gasteiger partial charge in [0.05, 0.1) is 6.61 Å². The van der Waals surface area contributed by atoms with E-state index in [9.17, 15) is 9.59 Å². The third-order valence-corrected chi connectivity index (χ3v) is 3.60. The summed E-state index contributed by atoms with van der Waals surface area (Å²) < 4.78 is 5.69. The van der Waals surface area contributed by atoms with Crippen LogP contribution in [0.2, 0.25) is 0 Å². The van der Waals surface area contributed by atoms with Gasteiger partial charge in [-0.05, 0) is 54.6 Å². The molecule has 1 aliphatic rings. The summed E-state index contributed by atoms with van der Waals surface area (Å²) in [6, 6.07) is 7.05. The monoisotopic (exact) mass is 281 g/mol. The van der Waals surface area contributed by atoms with E-state index in [2.05, 4.69) is 0 Å². The Balaban J connectivity index is 1.77. The molecule has 0 atom stereocenters. The fraction of sp³-hybridized carbons (Fsp3) is 0.429. The van der Waals surface area contributed by atoms with E-state index in [-0.39, 0.29) is 5.37 Å². The first-order valence-corrected chi connectivity index (χ1v) is 6.69. The molecule has 1 heterocycles. The molecule has 19 heavy (non-hydrogen) atoms. The minimum Gasteiger partial charge on any atom is -0.493 e. The van der Waals surface area contributed by atoms with Crippen molar-refractivity contribution in [2.75, 3.05) is 19.7 Å². The van der Waals surface area contributed by atoms with Crippen molar-refractivity contribution >= 4 is 23.3 Å². The van der Waals surface area contributed by atoms with E-state index in [1.54, 1.807) is 29.2 Å². The lowest BCUT2D eigenvalue weighted by molar-refractivity contribution is 0.112. The van der Waals surface area contributed by atoms with Gasteiger partial charge < -0.3 is 9.64 Å².